The third-order valence-corrected chi connectivity index (χ3v) is 8.94. The molecule has 1 nitrogen and oxygen atoms in total. The average Bonchev–Trinajstić information content (AvgIpc) is 2.89. The standard InChI is InChI=1S/C31H35F5O/c32-28-18-26(20-4-2-1-3-5-20)19-29(33)30(28)25-12-10-23(11-13-25)21-6-8-22(9-7-21)24-14-16-27(17-15-24)37-31(34,35)36/h12,14-23H,1-11,13H2. The molecule has 0 bridgehead atoms. The number of hydrogen-bond donors (Lipinski definition) is 0. The van der Waals surface area contributed by atoms with E-state index in [1.807, 2.05) is 0 Å². The Morgan fingerprint density at radius 2 is 1.30 bits per heavy atom. The normalized spacial score (nSPS) is 25.5. The predicted molar refractivity (Wildman–Crippen MR) is 135 cm³/mol. The smallest absolute Gasteiger partial charge is 0.406 e. The van der Waals surface area contributed by atoms with Crippen LogP contribution in [0.25, 0.3) is 5.57 Å². The van der Waals surface area contributed by atoms with Crippen molar-refractivity contribution in [2.45, 2.75) is 95.2 Å². The van der Waals surface area contributed by atoms with Gasteiger partial charge in [0.1, 0.15) is 17.4 Å². The van der Waals surface area contributed by atoms with E-state index in [9.17, 15) is 13.2 Å². The molecule has 37 heavy (non-hydrogen) atoms. The van der Waals surface area contributed by atoms with Gasteiger partial charge in [-0.2, -0.15) is 0 Å². The van der Waals surface area contributed by atoms with Crippen molar-refractivity contribution in [1.29, 1.82) is 0 Å². The summed E-state index contributed by atoms with van der Waals surface area (Å²) in [6, 6.07) is 9.41. The molecule has 0 N–H and O–H groups in total. The van der Waals surface area contributed by atoms with Crippen molar-refractivity contribution in [2.75, 3.05) is 0 Å². The molecule has 0 amide bonds. The lowest BCUT2D eigenvalue weighted by atomic mass is 9.70. The van der Waals surface area contributed by atoms with E-state index in [4.69, 9.17) is 0 Å². The van der Waals surface area contributed by atoms with Crippen LogP contribution in [-0.4, -0.2) is 6.36 Å². The van der Waals surface area contributed by atoms with Gasteiger partial charge >= 0.3 is 6.36 Å². The van der Waals surface area contributed by atoms with Gasteiger partial charge in [0.05, 0.1) is 0 Å². The zero-order chi connectivity index (χ0) is 26.0. The van der Waals surface area contributed by atoms with E-state index in [1.165, 1.54) is 18.6 Å². The summed E-state index contributed by atoms with van der Waals surface area (Å²) in [5.41, 5.74) is 2.84. The van der Waals surface area contributed by atoms with Crippen LogP contribution in [0.3, 0.4) is 0 Å². The summed E-state index contributed by atoms with van der Waals surface area (Å²) in [6.45, 7) is 0. The highest BCUT2D eigenvalue weighted by Crippen LogP contribution is 2.45. The van der Waals surface area contributed by atoms with E-state index in [2.05, 4.69) is 10.8 Å². The molecule has 0 radical (unpaired) electrons. The molecule has 2 aromatic carbocycles. The molecular weight excluding hydrogens is 483 g/mol. The van der Waals surface area contributed by atoms with E-state index in [0.717, 1.165) is 80.9 Å². The van der Waals surface area contributed by atoms with Crippen molar-refractivity contribution in [3.63, 3.8) is 0 Å². The number of allylic oxidation sites excluding steroid dienone is 2. The van der Waals surface area contributed by atoms with Gasteiger partial charge in [-0.05, 0) is 122 Å². The summed E-state index contributed by atoms with van der Waals surface area (Å²) in [5.74, 6) is 0.681. The molecule has 200 valence electrons. The van der Waals surface area contributed by atoms with Crippen molar-refractivity contribution in [3.8, 4) is 5.75 Å². The van der Waals surface area contributed by atoms with Gasteiger partial charge in [0.25, 0.3) is 0 Å². The summed E-state index contributed by atoms with van der Waals surface area (Å²) in [7, 11) is 0. The second kappa shape index (κ2) is 11.2. The molecule has 0 heterocycles. The topological polar surface area (TPSA) is 9.23 Å². The van der Waals surface area contributed by atoms with Crippen LogP contribution in [0.1, 0.15) is 106 Å². The maximum absolute atomic E-state index is 15.1. The lowest BCUT2D eigenvalue weighted by Crippen LogP contribution is -2.22. The molecule has 6 heteroatoms. The molecular formula is C31H35F5O. The summed E-state index contributed by atoms with van der Waals surface area (Å²) in [4.78, 5) is 0. The highest BCUT2D eigenvalue weighted by molar-refractivity contribution is 5.67. The zero-order valence-corrected chi connectivity index (χ0v) is 21.1. The zero-order valence-electron chi connectivity index (χ0n) is 21.1. The number of benzene rings is 2. The first kappa shape index (κ1) is 26.2. The number of halogens is 5. The van der Waals surface area contributed by atoms with Gasteiger partial charge in [0.2, 0.25) is 0 Å². The minimum atomic E-state index is -4.68. The predicted octanol–water partition coefficient (Wildman–Crippen LogP) is 10.1. The molecule has 2 fully saturated rings. The van der Waals surface area contributed by atoms with Crippen LogP contribution < -0.4 is 4.74 Å². The quantitative estimate of drug-likeness (QED) is 0.358. The van der Waals surface area contributed by atoms with Gasteiger partial charge in [-0.15, -0.1) is 13.2 Å². The van der Waals surface area contributed by atoms with Crippen molar-refractivity contribution in [3.05, 3.63) is 70.8 Å². The second-order valence-corrected chi connectivity index (χ2v) is 11.2. The Morgan fingerprint density at radius 1 is 0.676 bits per heavy atom. The van der Waals surface area contributed by atoms with Crippen LogP contribution in [0.5, 0.6) is 5.75 Å². The first-order valence-corrected chi connectivity index (χ1v) is 13.8. The van der Waals surface area contributed by atoms with Gasteiger partial charge in [0.15, 0.2) is 0 Å². The Balaban J connectivity index is 1.16. The fourth-order valence-electron chi connectivity index (χ4n) is 6.95. The van der Waals surface area contributed by atoms with E-state index in [-0.39, 0.29) is 17.2 Å². The monoisotopic (exact) mass is 518 g/mol. The number of alkyl halides is 3. The first-order valence-electron chi connectivity index (χ1n) is 13.8. The average molecular weight is 519 g/mol. The van der Waals surface area contributed by atoms with Crippen LogP contribution in [0, 0.1) is 23.5 Å². The summed E-state index contributed by atoms with van der Waals surface area (Å²) in [5, 5.41) is 0. The lowest BCUT2D eigenvalue weighted by Gasteiger charge is -2.36. The van der Waals surface area contributed by atoms with Crippen molar-refractivity contribution in [2.24, 2.45) is 11.8 Å². The Kier molecular flexibility index (Phi) is 7.92. The fourth-order valence-corrected chi connectivity index (χ4v) is 6.95. The van der Waals surface area contributed by atoms with E-state index < -0.39 is 18.0 Å². The fraction of sp³-hybridized carbons (Fsp3) is 0.548. The van der Waals surface area contributed by atoms with Crippen molar-refractivity contribution >= 4 is 5.57 Å². The summed E-state index contributed by atoms with van der Waals surface area (Å²) >= 11 is 0. The van der Waals surface area contributed by atoms with E-state index in [0.29, 0.717) is 24.2 Å². The second-order valence-electron chi connectivity index (χ2n) is 11.2. The van der Waals surface area contributed by atoms with Crippen molar-refractivity contribution < 1.29 is 26.7 Å². The molecule has 0 aromatic heterocycles. The third-order valence-electron chi connectivity index (χ3n) is 8.94. The highest BCUT2D eigenvalue weighted by Gasteiger charge is 2.32. The molecule has 3 aliphatic rings. The maximum Gasteiger partial charge on any atom is 0.573 e. The number of rotatable bonds is 5. The van der Waals surface area contributed by atoms with Crippen LogP contribution in [-0.2, 0) is 0 Å². The van der Waals surface area contributed by atoms with Gasteiger partial charge in [-0.1, -0.05) is 37.5 Å². The molecule has 2 saturated carbocycles. The molecule has 5 rings (SSSR count). The maximum atomic E-state index is 15.1. The SMILES string of the molecule is Fc1cc(C2CCCCC2)cc(F)c1C1=CCC(C2CCC(c3ccc(OC(F)(F)F)cc3)CC2)CC1. The Hall–Kier alpha value is -2.37. The molecule has 1 unspecified atom stereocenters. The van der Waals surface area contributed by atoms with Gasteiger partial charge in [0, 0.05) is 5.56 Å². The summed E-state index contributed by atoms with van der Waals surface area (Å²) < 4.78 is 71.3. The van der Waals surface area contributed by atoms with Gasteiger partial charge in [-0.25, -0.2) is 8.78 Å². The summed E-state index contributed by atoms with van der Waals surface area (Å²) in [6.07, 6.45) is 9.51. The van der Waals surface area contributed by atoms with Crippen LogP contribution in [0.2, 0.25) is 0 Å². The Morgan fingerprint density at radius 3 is 1.86 bits per heavy atom. The van der Waals surface area contributed by atoms with Crippen LogP contribution in [0.4, 0.5) is 22.0 Å². The molecule has 1 atom stereocenters. The molecule has 3 aliphatic carbocycles. The van der Waals surface area contributed by atoms with Crippen molar-refractivity contribution in [1.82, 2.24) is 0 Å². The minimum absolute atomic E-state index is 0.166. The van der Waals surface area contributed by atoms with Crippen LogP contribution >= 0.6 is 0 Å². The Bertz CT molecular complexity index is 1070. The van der Waals surface area contributed by atoms with Crippen LogP contribution in [0.15, 0.2) is 42.5 Å². The number of ether oxygens (including phenoxy) is 1. The largest absolute Gasteiger partial charge is 0.573 e. The minimum Gasteiger partial charge on any atom is -0.406 e. The van der Waals surface area contributed by atoms with E-state index in [1.54, 1.807) is 24.3 Å². The highest BCUT2D eigenvalue weighted by atomic mass is 19.4. The first-order chi connectivity index (χ1) is 17.8. The molecule has 0 saturated heterocycles. The van der Waals surface area contributed by atoms with E-state index >= 15 is 8.78 Å². The third kappa shape index (κ3) is 6.38. The number of hydrogen-bond acceptors (Lipinski definition) is 1. The van der Waals surface area contributed by atoms with Gasteiger partial charge < -0.3 is 4.74 Å². The molecule has 2 aromatic rings. The van der Waals surface area contributed by atoms with Gasteiger partial charge in [-0.3, -0.25) is 0 Å². The Labute approximate surface area is 216 Å². The molecule has 0 spiro atoms. The lowest BCUT2D eigenvalue weighted by molar-refractivity contribution is -0.274. The molecule has 0 aliphatic heterocycles.